The molecule has 1 aromatic heterocycles. The van der Waals surface area contributed by atoms with Gasteiger partial charge >= 0.3 is 6.03 Å². The number of hydrogen-bond donors (Lipinski definition) is 2. The third-order valence-electron chi connectivity index (χ3n) is 3.43. The fourth-order valence-electron chi connectivity index (χ4n) is 2.20. The molecule has 1 aromatic carbocycles. The molecule has 0 radical (unpaired) electrons. The van der Waals surface area contributed by atoms with Crippen LogP contribution in [0.5, 0.6) is 0 Å². The zero-order valence-corrected chi connectivity index (χ0v) is 14.3. The zero-order chi connectivity index (χ0) is 17.1. The topological polar surface area (TPSA) is 74.6 Å². The van der Waals surface area contributed by atoms with E-state index in [9.17, 15) is 9.59 Å². The third-order valence-corrected chi connectivity index (χ3v) is 3.67. The Balaban J connectivity index is 2.01. The normalized spacial score (nSPS) is 13.4. The summed E-state index contributed by atoms with van der Waals surface area (Å²) in [6.07, 6.45) is 0. The third kappa shape index (κ3) is 4.16. The predicted octanol–water partition coefficient (Wildman–Crippen LogP) is 2.92. The Kier molecular flexibility index (Phi) is 5.15. The van der Waals surface area contributed by atoms with E-state index in [1.54, 1.807) is 46.1 Å². The molecule has 0 bridgehead atoms. The summed E-state index contributed by atoms with van der Waals surface area (Å²) in [6.45, 7) is 3.44. The molecule has 2 rings (SSSR count). The van der Waals surface area contributed by atoms with Crippen LogP contribution in [0.2, 0.25) is 5.02 Å². The Bertz CT molecular complexity index is 726. The number of fused-ring (bicyclic) bond motifs is 1. The number of furan rings is 1. The van der Waals surface area contributed by atoms with Crippen molar-refractivity contribution in [2.75, 3.05) is 14.1 Å². The molecule has 6 nitrogen and oxygen atoms in total. The lowest BCUT2D eigenvalue weighted by atomic mass is 10.2. The number of carbonyl (C=O) groups excluding carboxylic acids is 2. The fraction of sp³-hybridized carbons (Fsp3) is 0.375. The van der Waals surface area contributed by atoms with Crippen molar-refractivity contribution in [1.29, 1.82) is 0 Å². The molecule has 23 heavy (non-hydrogen) atoms. The minimum absolute atomic E-state index is 0.175. The lowest BCUT2D eigenvalue weighted by Gasteiger charge is -2.19. The van der Waals surface area contributed by atoms with Crippen LogP contribution in [0.15, 0.2) is 28.7 Å². The molecule has 124 valence electrons. The van der Waals surface area contributed by atoms with Crippen molar-refractivity contribution in [2.45, 2.75) is 25.9 Å². The highest BCUT2D eigenvalue weighted by molar-refractivity contribution is 6.31. The van der Waals surface area contributed by atoms with E-state index in [1.165, 1.54) is 4.90 Å². The number of halogens is 1. The number of likely N-dealkylation sites (N-methyl/N-ethyl adjacent to an activating group) is 1. The minimum Gasteiger partial charge on any atom is -0.459 e. The van der Waals surface area contributed by atoms with Crippen LogP contribution in [0, 0.1) is 0 Å². The first-order valence-corrected chi connectivity index (χ1v) is 7.63. The summed E-state index contributed by atoms with van der Waals surface area (Å²) >= 11 is 5.95. The highest BCUT2D eigenvalue weighted by Crippen LogP contribution is 2.26. The van der Waals surface area contributed by atoms with Gasteiger partial charge in [-0.25, -0.2) is 4.79 Å². The highest BCUT2D eigenvalue weighted by Gasteiger charge is 2.19. The quantitative estimate of drug-likeness (QED) is 0.900. The van der Waals surface area contributed by atoms with E-state index in [0.717, 1.165) is 5.39 Å². The van der Waals surface area contributed by atoms with Gasteiger partial charge in [-0.15, -0.1) is 0 Å². The van der Waals surface area contributed by atoms with E-state index >= 15 is 0 Å². The van der Waals surface area contributed by atoms with Gasteiger partial charge in [-0.2, -0.15) is 0 Å². The van der Waals surface area contributed by atoms with Crippen LogP contribution in [0.3, 0.4) is 0 Å². The highest BCUT2D eigenvalue weighted by atomic mass is 35.5. The molecule has 0 spiro atoms. The van der Waals surface area contributed by atoms with Crippen LogP contribution in [-0.2, 0) is 4.79 Å². The molecule has 2 atom stereocenters. The van der Waals surface area contributed by atoms with Crippen LogP contribution in [-0.4, -0.2) is 37.0 Å². The van der Waals surface area contributed by atoms with Crippen molar-refractivity contribution in [3.8, 4) is 0 Å². The van der Waals surface area contributed by atoms with Crippen LogP contribution in [0.1, 0.15) is 25.6 Å². The molecule has 0 fully saturated rings. The monoisotopic (exact) mass is 337 g/mol. The molecule has 2 aromatic rings. The molecule has 0 unspecified atom stereocenters. The van der Waals surface area contributed by atoms with E-state index < -0.39 is 12.1 Å². The minimum atomic E-state index is -0.605. The maximum Gasteiger partial charge on any atom is 0.316 e. The van der Waals surface area contributed by atoms with Crippen molar-refractivity contribution < 1.29 is 14.0 Å². The number of amides is 3. The summed E-state index contributed by atoms with van der Waals surface area (Å²) in [4.78, 5) is 25.1. The zero-order valence-electron chi connectivity index (χ0n) is 13.5. The van der Waals surface area contributed by atoms with Gasteiger partial charge < -0.3 is 20.0 Å². The number of carbonyl (C=O) groups is 2. The van der Waals surface area contributed by atoms with E-state index in [4.69, 9.17) is 16.0 Å². The maximum absolute atomic E-state index is 12.0. The molecule has 1 heterocycles. The van der Waals surface area contributed by atoms with Gasteiger partial charge in [0.25, 0.3) is 0 Å². The lowest BCUT2D eigenvalue weighted by molar-refractivity contribution is -0.130. The van der Waals surface area contributed by atoms with Crippen molar-refractivity contribution >= 4 is 34.5 Å². The van der Waals surface area contributed by atoms with Crippen LogP contribution < -0.4 is 10.6 Å². The number of nitrogens with one attached hydrogen (secondary N) is 2. The average molecular weight is 338 g/mol. The van der Waals surface area contributed by atoms with Gasteiger partial charge in [0.1, 0.15) is 17.4 Å². The Morgan fingerprint density at radius 1 is 1.17 bits per heavy atom. The summed E-state index contributed by atoms with van der Waals surface area (Å²) in [6, 6.07) is 5.78. The van der Waals surface area contributed by atoms with Crippen molar-refractivity contribution in [1.82, 2.24) is 15.5 Å². The molecule has 0 saturated carbocycles. The first-order chi connectivity index (χ1) is 10.8. The van der Waals surface area contributed by atoms with Crippen molar-refractivity contribution in [3.63, 3.8) is 0 Å². The average Bonchev–Trinajstić information content (AvgIpc) is 2.89. The molecule has 7 heteroatoms. The smallest absolute Gasteiger partial charge is 0.316 e. The van der Waals surface area contributed by atoms with Gasteiger partial charge in [-0.1, -0.05) is 11.6 Å². The van der Waals surface area contributed by atoms with Gasteiger partial charge in [-0.05, 0) is 38.1 Å². The summed E-state index contributed by atoms with van der Waals surface area (Å²) in [5, 5.41) is 6.85. The SMILES string of the molecule is C[C@H](NC(=O)N[C@H](C)c1cc2cc(Cl)ccc2o1)C(=O)N(C)C. The summed E-state index contributed by atoms with van der Waals surface area (Å²) in [7, 11) is 3.28. The predicted molar refractivity (Wildman–Crippen MR) is 89.5 cm³/mol. The molecular weight excluding hydrogens is 318 g/mol. The van der Waals surface area contributed by atoms with Gasteiger partial charge in [0.2, 0.25) is 5.91 Å². The second-order valence-electron chi connectivity index (χ2n) is 5.62. The molecule has 0 aliphatic carbocycles. The molecule has 0 aliphatic heterocycles. The second kappa shape index (κ2) is 6.91. The van der Waals surface area contributed by atoms with Crippen molar-refractivity contribution in [2.24, 2.45) is 0 Å². The number of urea groups is 1. The number of nitrogens with zero attached hydrogens (tertiary/aromatic N) is 1. The summed E-state index contributed by atoms with van der Waals surface area (Å²) in [5.74, 6) is 0.440. The summed E-state index contributed by atoms with van der Waals surface area (Å²) < 4.78 is 5.70. The summed E-state index contributed by atoms with van der Waals surface area (Å²) in [5.41, 5.74) is 0.703. The Morgan fingerprint density at radius 2 is 1.87 bits per heavy atom. The first-order valence-electron chi connectivity index (χ1n) is 7.25. The molecule has 0 saturated heterocycles. The second-order valence-corrected chi connectivity index (χ2v) is 6.06. The van der Waals surface area contributed by atoms with Crippen LogP contribution in [0.4, 0.5) is 4.79 Å². The van der Waals surface area contributed by atoms with Crippen LogP contribution in [0.25, 0.3) is 11.0 Å². The Labute approximate surface area is 139 Å². The number of benzene rings is 1. The van der Waals surface area contributed by atoms with Gasteiger partial charge in [0.05, 0.1) is 6.04 Å². The van der Waals surface area contributed by atoms with Gasteiger partial charge in [-0.3, -0.25) is 4.79 Å². The van der Waals surface area contributed by atoms with Crippen molar-refractivity contribution in [3.05, 3.63) is 35.0 Å². The molecule has 2 N–H and O–H groups in total. The number of hydrogen-bond acceptors (Lipinski definition) is 3. The largest absolute Gasteiger partial charge is 0.459 e. The lowest BCUT2D eigenvalue weighted by Crippen LogP contribution is -2.48. The van der Waals surface area contributed by atoms with E-state index in [-0.39, 0.29) is 11.9 Å². The molecular formula is C16H20ClN3O3. The Morgan fingerprint density at radius 3 is 2.52 bits per heavy atom. The standard InChI is InChI=1S/C16H20ClN3O3/c1-9(18-16(22)19-10(2)15(21)20(3)4)14-8-11-7-12(17)5-6-13(11)23-14/h5-10H,1-4H3,(H2,18,19,22)/t9-,10+/m1/s1. The van der Waals surface area contributed by atoms with E-state index in [0.29, 0.717) is 16.4 Å². The van der Waals surface area contributed by atoms with Gasteiger partial charge in [0, 0.05) is 24.5 Å². The fourth-order valence-corrected chi connectivity index (χ4v) is 2.38. The molecule has 3 amide bonds. The first kappa shape index (κ1) is 17.1. The van der Waals surface area contributed by atoms with Gasteiger partial charge in [0.15, 0.2) is 0 Å². The maximum atomic E-state index is 12.0. The van der Waals surface area contributed by atoms with E-state index in [2.05, 4.69) is 10.6 Å². The van der Waals surface area contributed by atoms with Crippen LogP contribution >= 0.6 is 11.6 Å². The van der Waals surface area contributed by atoms with E-state index in [1.807, 2.05) is 6.07 Å². The molecule has 0 aliphatic rings. The Hall–Kier alpha value is -2.21. The number of rotatable bonds is 4.